The van der Waals surface area contributed by atoms with Crippen molar-refractivity contribution in [3.8, 4) is 33.9 Å². The van der Waals surface area contributed by atoms with Gasteiger partial charge in [-0.2, -0.15) is 0 Å². The molecule has 2 heteroatoms. The fraction of sp³-hybridized carbons (Fsp3) is 0. The predicted molar refractivity (Wildman–Crippen MR) is 103 cm³/mol. The van der Waals surface area contributed by atoms with E-state index in [1.807, 2.05) is 0 Å². The van der Waals surface area contributed by atoms with Crippen molar-refractivity contribution in [1.29, 1.82) is 0 Å². The Kier molecular flexibility index (Phi) is 2.37. The van der Waals surface area contributed by atoms with Crippen LogP contribution in [-0.4, -0.2) is 9.97 Å². The van der Waals surface area contributed by atoms with E-state index >= 15 is 0 Å². The van der Waals surface area contributed by atoms with Crippen LogP contribution >= 0.6 is 0 Å². The number of nitrogens with one attached hydrogen (secondary N) is 1. The van der Waals surface area contributed by atoms with E-state index in [9.17, 15) is 0 Å². The number of rotatable bonds is 1. The molecule has 1 aromatic heterocycles. The highest BCUT2D eigenvalue weighted by molar-refractivity contribution is 6.14. The van der Waals surface area contributed by atoms with E-state index in [0.29, 0.717) is 0 Å². The summed E-state index contributed by atoms with van der Waals surface area (Å²) in [6, 6.07) is 27.8. The molecule has 1 aliphatic rings. The second kappa shape index (κ2) is 4.58. The summed E-state index contributed by atoms with van der Waals surface area (Å²) in [6.07, 6.45) is 0. The SMILES string of the molecule is c1ccc2c(-c3nc4c([nH]3)-c3cccc5cccc-4c35)cccc2c1. The molecule has 0 unspecified atom stereocenters. The zero-order valence-corrected chi connectivity index (χ0v) is 13.5. The van der Waals surface area contributed by atoms with Gasteiger partial charge >= 0.3 is 0 Å². The molecule has 25 heavy (non-hydrogen) atoms. The molecule has 116 valence electrons. The van der Waals surface area contributed by atoms with Crippen LogP contribution in [0.4, 0.5) is 0 Å². The first kappa shape index (κ1) is 13.0. The summed E-state index contributed by atoms with van der Waals surface area (Å²) < 4.78 is 0. The Morgan fingerprint density at radius 1 is 0.600 bits per heavy atom. The molecular formula is C23H14N2. The van der Waals surface area contributed by atoms with Crippen molar-refractivity contribution in [2.24, 2.45) is 0 Å². The van der Waals surface area contributed by atoms with Crippen molar-refractivity contribution >= 4 is 21.5 Å². The smallest absolute Gasteiger partial charge is 0.139 e. The molecule has 0 saturated heterocycles. The van der Waals surface area contributed by atoms with Crippen molar-refractivity contribution in [3.63, 3.8) is 0 Å². The zero-order chi connectivity index (χ0) is 16.4. The number of aromatic nitrogens is 2. The number of hydrogen-bond donors (Lipinski definition) is 1. The number of H-pyrrole nitrogens is 1. The zero-order valence-electron chi connectivity index (χ0n) is 13.5. The minimum Gasteiger partial charge on any atom is -0.337 e. The van der Waals surface area contributed by atoms with Gasteiger partial charge in [0.1, 0.15) is 5.82 Å². The van der Waals surface area contributed by atoms with E-state index < -0.39 is 0 Å². The van der Waals surface area contributed by atoms with Crippen LogP contribution in [0.15, 0.2) is 78.9 Å². The Labute approximate surface area is 144 Å². The van der Waals surface area contributed by atoms with Gasteiger partial charge in [-0.3, -0.25) is 0 Å². The summed E-state index contributed by atoms with van der Waals surface area (Å²) in [7, 11) is 0. The molecule has 0 aliphatic heterocycles. The summed E-state index contributed by atoms with van der Waals surface area (Å²) in [6.45, 7) is 0. The van der Waals surface area contributed by atoms with Gasteiger partial charge in [0.25, 0.3) is 0 Å². The van der Waals surface area contributed by atoms with Gasteiger partial charge in [-0.25, -0.2) is 4.98 Å². The molecule has 0 saturated carbocycles. The third-order valence-electron chi connectivity index (χ3n) is 5.18. The van der Waals surface area contributed by atoms with Gasteiger partial charge in [0, 0.05) is 22.1 Å². The normalized spacial score (nSPS) is 12.0. The molecule has 6 rings (SSSR count). The van der Waals surface area contributed by atoms with Crippen LogP contribution in [0.25, 0.3) is 55.4 Å². The molecule has 0 bridgehead atoms. The molecule has 0 amide bonds. The second-order valence-corrected chi connectivity index (χ2v) is 6.54. The van der Waals surface area contributed by atoms with Crippen molar-refractivity contribution in [2.45, 2.75) is 0 Å². The summed E-state index contributed by atoms with van der Waals surface area (Å²) in [5.74, 6) is 0.938. The lowest BCUT2D eigenvalue weighted by molar-refractivity contribution is 1.32. The second-order valence-electron chi connectivity index (χ2n) is 6.54. The predicted octanol–water partition coefficient (Wildman–Crippen LogP) is 6.03. The highest BCUT2D eigenvalue weighted by Crippen LogP contribution is 2.46. The quantitative estimate of drug-likeness (QED) is 0.394. The third kappa shape index (κ3) is 1.66. The largest absolute Gasteiger partial charge is 0.337 e. The summed E-state index contributed by atoms with van der Waals surface area (Å²) >= 11 is 0. The minimum atomic E-state index is 0.938. The maximum absolute atomic E-state index is 5.00. The van der Waals surface area contributed by atoms with Gasteiger partial charge in [-0.15, -0.1) is 0 Å². The average Bonchev–Trinajstić information content (AvgIpc) is 3.22. The van der Waals surface area contributed by atoms with Crippen molar-refractivity contribution in [2.75, 3.05) is 0 Å². The van der Waals surface area contributed by atoms with Crippen LogP contribution in [0.5, 0.6) is 0 Å². The molecule has 1 N–H and O–H groups in total. The molecule has 1 aliphatic carbocycles. The van der Waals surface area contributed by atoms with E-state index in [2.05, 4.69) is 83.8 Å². The lowest BCUT2D eigenvalue weighted by Gasteiger charge is -2.05. The van der Waals surface area contributed by atoms with Gasteiger partial charge in [0.15, 0.2) is 0 Å². The molecular weight excluding hydrogens is 304 g/mol. The Balaban J connectivity index is 1.65. The highest BCUT2D eigenvalue weighted by Gasteiger charge is 2.25. The maximum atomic E-state index is 5.00. The number of fused-ring (bicyclic) bond motifs is 4. The molecule has 5 aromatic rings. The molecule has 0 atom stereocenters. The Bertz CT molecular complexity index is 1230. The highest BCUT2D eigenvalue weighted by atomic mass is 14.9. The van der Waals surface area contributed by atoms with Gasteiger partial charge in [-0.05, 0) is 16.2 Å². The molecule has 2 nitrogen and oxygen atoms in total. The Morgan fingerprint density at radius 2 is 1.28 bits per heavy atom. The molecule has 4 aromatic carbocycles. The summed E-state index contributed by atoms with van der Waals surface area (Å²) in [5, 5.41) is 5.04. The Morgan fingerprint density at radius 3 is 2.16 bits per heavy atom. The van der Waals surface area contributed by atoms with Crippen LogP contribution in [0.1, 0.15) is 0 Å². The first-order valence-corrected chi connectivity index (χ1v) is 8.51. The number of nitrogens with zero attached hydrogens (tertiary/aromatic N) is 1. The summed E-state index contributed by atoms with van der Waals surface area (Å²) in [5.41, 5.74) is 5.83. The van der Waals surface area contributed by atoms with Gasteiger partial charge < -0.3 is 4.98 Å². The van der Waals surface area contributed by atoms with Crippen molar-refractivity contribution in [3.05, 3.63) is 78.9 Å². The van der Waals surface area contributed by atoms with E-state index in [1.165, 1.54) is 32.7 Å². The van der Waals surface area contributed by atoms with Crippen LogP contribution in [0, 0.1) is 0 Å². The molecule has 0 spiro atoms. The van der Waals surface area contributed by atoms with E-state index in [-0.39, 0.29) is 0 Å². The van der Waals surface area contributed by atoms with Crippen LogP contribution < -0.4 is 0 Å². The summed E-state index contributed by atoms with van der Waals surface area (Å²) in [4.78, 5) is 8.59. The van der Waals surface area contributed by atoms with Gasteiger partial charge in [-0.1, -0.05) is 78.9 Å². The first-order chi connectivity index (χ1) is 12.4. The number of hydrogen-bond acceptors (Lipinski definition) is 1. The van der Waals surface area contributed by atoms with Crippen LogP contribution in [0.3, 0.4) is 0 Å². The Hall–Kier alpha value is -3.39. The van der Waals surface area contributed by atoms with E-state index in [1.54, 1.807) is 0 Å². The number of benzene rings is 4. The number of imidazole rings is 1. The fourth-order valence-electron chi connectivity index (χ4n) is 4.07. The topological polar surface area (TPSA) is 28.7 Å². The fourth-order valence-corrected chi connectivity index (χ4v) is 4.07. The van der Waals surface area contributed by atoms with Crippen molar-refractivity contribution in [1.82, 2.24) is 9.97 Å². The lowest BCUT2D eigenvalue weighted by Crippen LogP contribution is -1.85. The first-order valence-electron chi connectivity index (χ1n) is 8.51. The van der Waals surface area contributed by atoms with E-state index in [4.69, 9.17) is 4.98 Å². The lowest BCUT2D eigenvalue weighted by atomic mass is 10.0. The number of aromatic amines is 1. The third-order valence-corrected chi connectivity index (χ3v) is 5.18. The standard InChI is InChI=1S/C23H14N2/c1-2-10-16-14(6-1)7-3-11-17(16)23-24-21-18-12-4-8-15-9-5-13-19(20(15)18)22(21)25-23/h1-13H,(H,24,25). The minimum absolute atomic E-state index is 0.938. The van der Waals surface area contributed by atoms with Crippen LogP contribution in [0.2, 0.25) is 0 Å². The average molecular weight is 318 g/mol. The molecule has 0 radical (unpaired) electrons. The van der Waals surface area contributed by atoms with E-state index in [0.717, 1.165) is 22.8 Å². The van der Waals surface area contributed by atoms with Gasteiger partial charge in [0.05, 0.1) is 11.4 Å². The molecule has 1 heterocycles. The maximum Gasteiger partial charge on any atom is 0.139 e. The molecule has 0 fully saturated rings. The van der Waals surface area contributed by atoms with Crippen molar-refractivity contribution < 1.29 is 0 Å². The monoisotopic (exact) mass is 318 g/mol. The van der Waals surface area contributed by atoms with Gasteiger partial charge in [0.2, 0.25) is 0 Å². The van der Waals surface area contributed by atoms with Crippen LogP contribution in [-0.2, 0) is 0 Å².